The number of nitrogens with zero attached hydrogens (tertiary/aromatic N) is 2. The number of pyridine rings is 1. The minimum absolute atomic E-state index is 0.0281. The van der Waals surface area contributed by atoms with Crippen LogP contribution in [-0.2, 0) is 5.41 Å². The van der Waals surface area contributed by atoms with Gasteiger partial charge in [-0.1, -0.05) is 12.6 Å². The second-order valence-electron chi connectivity index (χ2n) is 4.70. The molecule has 0 spiro atoms. The zero-order valence-electron chi connectivity index (χ0n) is 10.2. The van der Waals surface area contributed by atoms with Gasteiger partial charge >= 0.3 is 6.18 Å². The Hall–Kier alpha value is -1.52. The SMILES string of the molecule is C=C(C)N1CCC(c2ccccn2)(C(F)(F)F)C1. The number of alkyl halides is 3. The van der Waals surface area contributed by atoms with Crippen molar-refractivity contribution in [1.82, 2.24) is 9.88 Å². The first kappa shape index (κ1) is 12.9. The summed E-state index contributed by atoms with van der Waals surface area (Å²) in [5.41, 5.74) is -1.11. The van der Waals surface area contributed by atoms with E-state index in [4.69, 9.17) is 0 Å². The number of hydrogen-bond donors (Lipinski definition) is 0. The lowest BCUT2D eigenvalue weighted by molar-refractivity contribution is -0.187. The van der Waals surface area contributed by atoms with E-state index in [1.807, 2.05) is 0 Å². The fraction of sp³-hybridized carbons (Fsp3) is 0.462. The maximum atomic E-state index is 13.4. The summed E-state index contributed by atoms with van der Waals surface area (Å²) in [5.74, 6) is 0. The molecule has 1 aromatic rings. The molecule has 1 fully saturated rings. The monoisotopic (exact) mass is 256 g/mol. The molecular formula is C13H15F3N2. The second kappa shape index (κ2) is 4.30. The molecule has 0 saturated carbocycles. The lowest BCUT2D eigenvalue weighted by Gasteiger charge is -2.31. The van der Waals surface area contributed by atoms with Crippen LogP contribution in [0.3, 0.4) is 0 Å². The van der Waals surface area contributed by atoms with Crippen LogP contribution in [0, 0.1) is 0 Å². The first-order chi connectivity index (χ1) is 8.37. The highest BCUT2D eigenvalue weighted by Gasteiger charge is 2.59. The van der Waals surface area contributed by atoms with E-state index in [9.17, 15) is 13.2 Å². The van der Waals surface area contributed by atoms with E-state index in [2.05, 4.69) is 11.6 Å². The highest BCUT2D eigenvalue weighted by atomic mass is 19.4. The molecule has 5 heteroatoms. The predicted octanol–water partition coefficient (Wildman–Crippen LogP) is 3.12. The topological polar surface area (TPSA) is 16.1 Å². The summed E-state index contributed by atoms with van der Waals surface area (Å²) in [4.78, 5) is 5.59. The van der Waals surface area contributed by atoms with Crippen molar-refractivity contribution in [3.05, 3.63) is 42.4 Å². The maximum Gasteiger partial charge on any atom is 0.401 e. The van der Waals surface area contributed by atoms with Gasteiger partial charge in [0.05, 0.1) is 5.69 Å². The fourth-order valence-electron chi connectivity index (χ4n) is 2.37. The van der Waals surface area contributed by atoms with E-state index in [0.29, 0.717) is 12.2 Å². The van der Waals surface area contributed by atoms with Crippen molar-refractivity contribution in [1.29, 1.82) is 0 Å². The van der Waals surface area contributed by atoms with Gasteiger partial charge in [0.1, 0.15) is 5.41 Å². The Morgan fingerprint density at radius 2 is 2.17 bits per heavy atom. The van der Waals surface area contributed by atoms with Crippen LogP contribution >= 0.6 is 0 Å². The van der Waals surface area contributed by atoms with E-state index < -0.39 is 11.6 Å². The minimum Gasteiger partial charge on any atom is -0.374 e. The summed E-state index contributed by atoms with van der Waals surface area (Å²) in [5, 5.41) is 0. The van der Waals surface area contributed by atoms with Crippen LogP contribution in [0.1, 0.15) is 19.0 Å². The van der Waals surface area contributed by atoms with Gasteiger partial charge in [0.2, 0.25) is 0 Å². The Labute approximate surface area is 104 Å². The van der Waals surface area contributed by atoms with Crippen LogP contribution in [0.5, 0.6) is 0 Å². The molecule has 0 aliphatic carbocycles. The van der Waals surface area contributed by atoms with Gasteiger partial charge in [-0.2, -0.15) is 13.2 Å². The van der Waals surface area contributed by atoms with Gasteiger partial charge in [0.25, 0.3) is 0 Å². The largest absolute Gasteiger partial charge is 0.401 e. The molecule has 0 radical (unpaired) electrons. The van der Waals surface area contributed by atoms with Crippen LogP contribution in [0.25, 0.3) is 0 Å². The molecule has 1 saturated heterocycles. The molecule has 2 rings (SSSR count). The summed E-state index contributed by atoms with van der Waals surface area (Å²) in [7, 11) is 0. The average Bonchev–Trinajstić information content (AvgIpc) is 2.75. The molecule has 0 bridgehead atoms. The number of aromatic nitrogens is 1. The molecule has 1 aliphatic heterocycles. The van der Waals surface area contributed by atoms with Gasteiger partial charge in [0, 0.05) is 25.0 Å². The predicted molar refractivity (Wildman–Crippen MR) is 63.0 cm³/mol. The van der Waals surface area contributed by atoms with Gasteiger partial charge in [-0.3, -0.25) is 4.98 Å². The Morgan fingerprint density at radius 3 is 2.61 bits per heavy atom. The molecule has 0 N–H and O–H groups in total. The first-order valence-electron chi connectivity index (χ1n) is 5.75. The van der Waals surface area contributed by atoms with Crippen molar-refractivity contribution in [3.8, 4) is 0 Å². The third-order valence-corrected chi connectivity index (χ3v) is 3.51. The van der Waals surface area contributed by atoms with Gasteiger partial charge in [0.15, 0.2) is 0 Å². The standard InChI is InChI=1S/C13H15F3N2/c1-10(2)18-8-6-12(9-18,13(14,15)16)11-5-3-4-7-17-11/h3-5,7H,1,6,8-9H2,2H3. The Kier molecular flexibility index (Phi) is 3.09. The van der Waals surface area contributed by atoms with E-state index in [1.54, 1.807) is 24.0 Å². The quantitative estimate of drug-likeness (QED) is 0.808. The third-order valence-electron chi connectivity index (χ3n) is 3.51. The number of allylic oxidation sites excluding steroid dienone is 1. The molecule has 0 amide bonds. The zero-order valence-corrected chi connectivity index (χ0v) is 10.2. The first-order valence-corrected chi connectivity index (χ1v) is 5.75. The lowest BCUT2D eigenvalue weighted by atomic mass is 9.82. The van der Waals surface area contributed by atoms with Crippen molar-refractivity contribution < 1.29 is 13.2 Å². The number of likely N-dealkylation sites (tertiary alicyclic amines) is 1. The molecule has 1 aliphatic rings. The van der Waals surface area contributed by atoms with E-state index in [0.717, 1.165) is 0 Å². The molecule has 0 aromatic carbocycles. The van der Waals surface area contributed by atoms with E-state index in [-0.39, 0.29) is 18.7 Å². The summed E-state index contributed by atoms with van der Waals surface area (Å²) >= 11 is 0. The number of halogens is 3. The normalized spacial score (nSPS) is 24.3. The Balaban J connectivity index is 2.42. The second-order valence-corrected chi connectivity index (χ2v) is 4.70. The number of rotatable bonds is 2. The molecular weight excluding hydrogens is 241 g/mol. The minimum atomic E-state index is -4.30. The van der Waals surface area contributed by atoms with Crippen LogP contribution in [-0.4, -0.2) is 29.1 Å². The third kappa shape index (κ3) is 1.98. The zero-order chi connectivity index (χ0) is 13.4. The fourth-order valence-corrected chi connectivity index (χ4v) is 2.37. The molecule has 2 nitrogen and oxygen atoms in total. The molecule has 18 heavy (non-hydrogen) atoms. The van der Waals surface area contributed by atoms with E-state index in [1.165, 1.54) is 12.3 Å². The van der Waals surface area contributed by atoms with Crippen LogP contribution < -0.4 is 0 Å². The summed E-state index contributed by atoms with van der Waals surface area (Å²) in [6.07, 6.45) is -2.86. The van der Waals surface area contributed by atoms with Gasteiger partial charge in [-0.25, -0.2) is 0 Å². The van der Waals surface area contributed by atoms with Crippen LogP contribution in [0.15, 0.2) is 36.7 Å². The lowest BCUT2D eigenvalue weighted by Crippen LogP contribution is -2.45. The van der Waals surface area contributed by atoms with Crippen molar-refractivity contribution in [3.63, 3.8) is 0 Å². The summed E-state index contributed by atoms with van der Waals surface area (Å²) < 4.78 is 40.3. The van der Waals surface area contributed by atoms with Crippen molar-refractivity contribution >= 4 is 0 Å². The molecule has 1 aromatic heterocycles. The van der Waals surface area contributed by atoms with Gasteiger partial charge in [-0.05, 0) is 25.5 Å². The van der Waals surface area contributed by atoms with Crippen LogP contribution in [0.4, 0.5) is 13.2 Å². The molecule has 98 valence electrons. The highest BCUT2D eigenvalue weighted by Crippen LogP contribution is 2.47. The molecule has 2 heterocycles. The number of hydrogen-bond acceptors (Lipinski definition) is 2. The van der Waals surface area contributed by atoms with Crippen molar-refractivity contribution in [2.45, 2.75) is 24.9 Å². The summed E-state index contributed by atoms with van der Waals surface area (Å²) in [6.45, 7) is 5.72. The maximum absolute atomic E-state index is 13.4. The summed E-state index contributed by atoms with van der Waals surface area (Å²) in [6, 6.07) is 4.67. The molecule has 1 atom stereocenters. The van der Waals surface area contributed by atoms with E-state index >= 15 is 0 Å². The van der Waals surface area contributed by atoms with Gasteiger partial charge < -0.3 is 4.90 Å². The van der Waals surface area contributed by atoms with Gasteiger partial charge in [-0.15, -0.1) is 0 Å². The Bertz CT molecular complexity index is 441. The molecule has 1 unspecified atom stereocenters. The Morgan fingerprint density at radius 1 is 1.44 bits per heavy atom. The van der Waals surface area contributed by atoms with Crippen LogP contribution in [0.2, 0.25) is 0 Å². The average molecular weight is 256 g/mol. The highest BCUT2D eigenvalue weighted by molar-refractivity contribution is 5.24. The van der Waals surface area contributed by atoms with Crippen molar-refractivity contribution in [2.24, 2.45) is 0 Å². The smallest absolute Gasteiger partial charge is 0.374 e. The van der Waals surface area contributed by atoms with Crippen molar-refractivity contribution in [2.75, 3.05) is 13.1 Å².